The summed E-state index contributed by atoms with van der Waals surface area (Å²) in [5.74, 6) is 0.289. The molecule has 244 valence electrons. The molecule has 0 N–H and O–H groups in total. The van der Waals surface area contributed by atoms with Gasteiger partial charge < -0.3 is 9.47 Å². The highest BCUT2D eigenvalue weighted by atomic mass is 35.5. The third kappa shape index (κ3) is 9.16. The van der Waals surface area contributed by atoms with Crippen LogP contribution >= 0.6 is 69.6 Å². The maximum atomic E-state index is 12.6. The Labute approximate surface area is 303 Å². The van der Waals surface area contributed by atoms with Crippen molar-refractivity contribution in [1.82, 2.24) is 0 Å². The fourth-order valence-electron chi connectivity index (χ4n) is 4.75. The standard InChI is InChI=1S/C22H19Cl2NO3.C12H6Cl4O2S/c1-22(2)17(12-19(23)24)20(22)21(26)28-18(13-25)14-7-6-10-16(11-14)27-15-8-4-3-5-9-15;13-7-1-3-8(4-2-7)19(17,18)12-6-10(15)9(14)5-11(12)16/h3-12,17-18,20H,1-2H3;1-6H/t17-,18?,20+;/m1./s1. The third-order valence-electron chi connectivity index (χ3n) is 7.35. The SMILES string of the molecule is CC1(C)[C@H](C=C(Cl)Cl)[C@H]1C(=O)OC(C#N)c1cccc(Oc2ccccc2)c1.O=S(=O)(c1ccc(Cl)cc1)c1cc(Cl)c(Cl)cc1Cl. The number of carbonyl (C=O) groups is 1. The van der Waals surface area contributed by atoms with E-state index in [0.717, 1.165) is 0 Å². The molecule has 0 spiro atoms. The molecule has 13 heteroatoms. The maximum Gasteiger partial charge on any atom is 0.311 e. The molecular weight excluding hydrogens is 747 g/mol. The highest BCUT2D eigenvalue weighted by Crippen LogP contribution is 2.60. The van der Waals surface area contributed by atoms with E-state index in [9.17, 15) is 18.5 Å². The largest absolute Gasteiger partial charge is 0.457 e. The molecule has 0 saturated heterocycles. The van der Waals surface area contributed by atoms with E-state index >= 15 is 0 Å². The van der Waals surface area contributed by atoms with Crippen molar-refractivity contribution in [2.24, 2.45) is 17.3 Å². The predicted octanol–water partition coefficient (Wildman–Crippen LogP) is 11.3. The molecule has 1 aliphatic rings. The monoisotopic (exact) mass is 769 g/mol. The second kappa shape index (κ2) is 15.5. The predicted molar refractivity (Wildman–Crippen MR) is 186 cm³/mol. The van der Waals surface area contributed by atoms with Crippen LogP contribution in [0.4, 0.5) is 0 Å². The van der Waals surface area contributed by atoms with Crippen LogP contribution in [-0.2, 0) is 19.4 Å². The zero-order valence-corrected chi connectivity index (χ0v) is 30.0. The Morgan fingerprint density at radius 1 is 0.851 bits per heavy atom. The zero-order valence-electron chi connectivity index (χ0n) is 24.6. The number of nitrogens with zero attached hydrogens (tertiary/aromatic N) is 1. The fraction of sp³-hybridized carbons (Fsp3) is 0.176. The van der Waals surface area contributed by atoms with Gasteiger partial charge >= 0.3 is 5.97 Å². The van der Waals surface area contributed by atoms with E-state index in [-0.39, 0.29) is 46.6 Å². The lowest BCUT2D eigenvalue weighted by Gasteiger charge is -2.13. The molecule has 0 amide bonds. The summed E-state index contributed by atoms with van der Waals surface area (Å²) in [6.07, 6.45) is 0.615. The van der Waals surface area contributed by atoms with E-state index in [1.807, 2.05) is 50.2 Å². The summed E-state index contributed by atoms with van der Waals surface area (Å²) in [7, 11) is -3.76. The first-order valence-corrected chi connectivity index (χ1v) is 17.5. The molecule has 1 aliphatic carbocycles. The lowest BCUT2D eigenvalue weighted by Crippen LogP contribution is -2.14. The van der Waals surface area contributed by atoms with Crippen LogP contribution in [0, 0.1) is 28.6 Å². The molecule has 3 atom stereocenters. The van der Waals surface area contributed by atoms with Crippen LogP contribution in [0.3, 0.4) is 0 Å². The van der Waals surface area contributed by atoms with E-state index in [4.69, 9.17) is 79.1 Å². The van der Waals surface area contributed by atoms with E-state index in [2.05, 4.69) is 0 Å². The molecule has 6 nitrogen and oxygen atoms in total. The van der Waals surface area contributed by atoms with Crippen LogP contribution in [0.1, 0.15) is 25.5 Å². The molecule has 0 aromatic heterocycles. The van der Waals surface area contributed by atoms with E-state index in [0.29, 0.717) is 22.1 Å². The number of nitriles is 1. The van der Waals surface area contributed by atoms with Crippen molar-refractivity contribution in [3.05, 3.63) is 127 Å². The number of hydrogen-bond acceptors (Lipinski definition) is 6. The minimum absolute atomic E-state index is 0.0179. The van der Waals surface area contributed by atoms with Gasteiger partial charge in [0.25, 0.3) is 0 Å². The molecule has 0 bridgehead atoms. The molecule has 4 aromatic rings. The summed E-state index contributed by atoms with van der Waals surface area (Å²) in [5, 5.41) is 10.3. The van der Waals surface area contributed by atoms with Gasteiger partial charge in [-0.05, 0) is 78.1 Å². The van der Waals surface area contributed by atoms with Gasteiger partial charge in [0.2, 0.25) is 15.9 Å². The molecule has 47 heavy (non-hydrogen) atoms. The van der Waals surface area contributed by atoms with Gasteiger partial charge in [-0.15, -0.1) is 0 Å². The van der Waals surface area contributed by atoms with Gasteiger partial charge in [-0.1, -0.05) is 114 Å². The Hall–Kier alpha value is -2.93. The van der Waals surface area contributed by atoms with E-state index in [1.165, 1.54) is 36.4 Å². The van der Waals surface area contributed by atoms with Gasteiger partial charge in [0.1, 0.15) is 22.1 Å². The first-order valence-electron chi connectivity index (χ1n) is 13.8. The highest BCUT2D eigenvalue weighted by molar-refractivity contribution is 7.91. The minimum Gasteiger partial charge on any atom is -0.457 e. The average molecular weight is 772 g/mol. The molecular formula is C34H25Cl6NO5S. The number of carbonyl (C=O) groups excluding carboxylic acids is 1. The summed E-state index contributed by atoms with van der Waals surface area (Å²) in [6, 6.07) is 26.6. The number of halogens is 6. The van der Waals surface area contributed by atoms with E-state index in [1.54, 1.807) is 30.3 Å². The first-order chi connectivity index (χ1) is 22.1. The summed E-state index contributed by atoms with van der Waals surface area (Å²) in [5.41, 5.74) is 0.231. The smallest absolute Gasteiger partial charge is 0.311 e. The van der Waals surface area contributed by atoms with Crippen molar-refractivity contribution in [1.29, 1.82) is 5.26 Å². The van der Waals surface area contributed by atoms with Gasteiger partial charge in [-0.2, -0.15) is 5.26 Å². The average Bonchev–Trinajstić information content (AvgIpc) is 3.56. The maximum absolute atomic E-state index is 12.6. The summed E-state index contributed by atoms with van der Waals surface area (Å²) >= 11 is 34.7. The van der Waals surface area contributed by atoms with Crippen LogP contribution in [0.15, 0.2) is 111 Å². The minimum atomic E-state index is -3.76. The van der Waals surface area contributed by atoms with E-state index < -0.39 is 21.9 Å². The van der Waals surface area contributed by atoms with Crippen molar-refractivity contribution in [3.8, 4) is 17.6 Å². The molecule has 4 aromatic carbocycles. The number of ether oxygens (including phenoxy) is 2. The lowest BCUT2D eigenvalue weighted by molar-refractivity contribution is -0.149. The van der Waals surface area contributed by atoms with Gasteiger partial charge in [0, 0.05) is 10.6 Å². The second-order valence-electron chi connectivity index (χ2n) is 10.9. The topological polar surface area (TPSA) is 93.5 Å². The third-order valence-corrected chi connectivity index (χ3v) is 10.8. The van der Waals surface area contributed by atoms with Crippen LogP contribution in [0.5, 0.6) is 11.5 Å². The first kappa shape index (κ1) is 36.9. The van der Waals surface area contributed by atoms with Crippen molar-refractivity contribution in [3.63, 3.8) is 0 Å². The summed E-state index contributed by atoms with van der Waals surface area (Å²) < 4.78 is 36.2. The van der Waals surface area contributed by atoms with Crippen LogP contribution < -0.4 is 4.74 Å². The Morgan fingerprint density at radius 2 is 1.47 bits per heavy atom. The van der Waals surface area contributed by atoms with Gasteiger partial charge in [0.15, 0.2) is 0 Å². The summed E-state index contributed by atoms with van der Waals surface area (Å²) in [6.45, 7) is 3.87. The van der Waals surface area contributed by atoms with Crippen LogP contribution in [0.25, 0.3) is 0 Å². The Morgan fingerprint density at radius 3 is 2.09 bits per heavy atom. The Bertz CT molecular complexity index is 1940. The van der Waals surface area contributed by atoms with Gasteiger partial charge in [-0.3, -0.25) is 4.79 Å². The highest BCUT2D eigenvalue weighted by Gasteiger charge is 2.62. The Kier molecular flexibility index (Phi) is 12.2. The number of benzene rings is 4. The quantitative estimate of drug-likeness (QED) is 0.131. The van der Waals surface area contributed by atoms with Gasteiger partial charge in [-0.25, -0.2) is 8.42 Å². The number of hydrogen-bond donors (Lipinski definition) is 0. The van der Waals surface area contributed by atoms with Crippen LogP contribution in [-0.4, -0.2) is 14.4 Å². The molecule has 1 unspecified atom stereocenters. The summed E-state index contributed by atoms with van der Waals surface area (Å²) in [4.78, 5) is 12.6. The zero-order chi connectivity index (χ0) is 34.5. The van der Waals surface area contributed by atoms with Crippen molar-refractivity contribution in [2.45, 2.75) is 29.7 Å². The molecule has 0 radical (unpaired) electrons. The van der Waals surface area contributed by atoms with Crippen LogP contribution in [0.2, 0.25) is 20.1 Å². The number of para-hydroxylation sites is 1. The molecule has 1 fully saturated rings. The lowest BCUT2D eigenvalue weighted by atomic mass is 10.1. The van der Waals surface area contributed by atoms with Crippen molar-refractivity contribution in [2.75, 3.05) is 0 Å². The van der Waals surface area contributed by atoms with Gasteiger partial charge in [0.05, 0.1) is 30.8 Å². The molecule has 5 rings (SSSR count). The van der Waals surface area contributed by atoms with Crippen molar-refractivity contribution < 1.29 is 22.7 Å². The number of sulfone groups is 1. The molecule has 0 aliphatic heterocycles. The fourth-order valence-corrected chi connectivity index (χ4v) is 7.40. The molecule has 1 saturated carbocycles. The number of allylic oxidation sites excluding steroid dienone is 1. The number of esters is 1. The molecule has 0 heterocycles. The van der Waals surface area contributed by atoms with Crippen molar-refractivity contribution >= 4 is 85.4 Å². The second-order valence-corrected chi connectivity index (χ2v) is 15.5. The number of rotatable bonds is 8. The normalized spacial score (nSPS) is 16.8. The Balaban J connectivity index is 0.000000229.